The molecule has 3 aromatic carbocycles. The Morgan fingerprint density at radius 2 is 1.61 bits per heavy atom. The fraction of sp³-hybridized carbons (Fsp3) is 0.167. The van der Waals surface area contributed by atoms with E-state index >= 15 is 0 Å². The van der Waals surface area contributed by atoms with Crippen molar-refractivity contribution in [2.75, 3.05) is 7.11 Å². The number of rotatable bonds is 5. The van der Waals surface area contributed by atoms with Crippen molar-refractivity contribution in [3.05, 3.63) is 102 Å². The molecule has 0 fully saturated rings. The zero-order chi connectivity index (χ0) is 19.3. The van der Waals surface area contributed by atoms with Crippen molar-refractivity contribution in [2.45, 2.75) is 18.5 Å². The fourth-order valence-electron chi connectivity index (χ4n) is 3.59. The zero-order valence-electron chi connectivity index (χ0n) is 15.7. The molecule has 0 radical (unpaired) electrons. The van der Waals surface area contributed by atoms with Crippen molar-refractivity contribution >= 4 is 5.71 Å². The lowest BCUT2D eigenvalue weighted by atomic mass is 9.97. The maximum atomic E-state index is 9.95. The minimum absolute atomic E-state index is 0.0168. The van der Waals surface area contributed by atoms with Crippen LogP contribution in [0.1, 0.15) is 35.2 Å². The van der Waals surface area contributed by atoms with Gasteiger partial charge in [0.2, 0.25) is 0 Å². The van der Waals surface area contributed by atoms with Crippen LogP contribution < -0.4 is 4.74 Å². The Morgan fingerprint density at radius 1 is 0.964 bits per heavy atom. The number of methoxy groups -OCH3 is 1. The summed E-state index contributed by atoms with van der Waals surface area (Å²) in [6.07, 6.45) is 0.751. The molecule has 3 aromatic rings. The van der Waals surface area contributed by atoms with E-state index in [9.17, 15) is 5.26 Å². The van der Waals surface area contributed by atoms with Gasteiger partial charge in [0, 0.05) is 6.42 Å². The Balaban J connectivity index is 1.73. The second kappa shape index (κ2) is 7.98. The summed E-state index contributed by atoms with van der Waals surface area (Å²) in [7, 11) is 1.66. The molecule has 0 aliphatic carbocycles. The van der Waals surface area contributed by atoms with E-state index in [2.05, 4.69) is 18.2 Å². The number of benzene rings is 3. The van der Waals surface area contributed by atoms with Crippen molar-refractivity contribution in [3.8, 4) is 11.8 Å². The highest BCUT2D eigenvalue weighted by Crippen LogP contribution is 2.38. The largest absolute Gasteiger partial charge is 0.497 e. The second-order valence-corrected chi connectivity index (χ2v) is 6.73. The average molecular weight is 367 g/mol. The summed E-state index contributed by atoms with van der Waals surface area (Å²) in [5.74, 6) is 0.818. The van der Waals surface area contributed by atoms with Crippen molar-refractivity contribution < 1.29 is 4.74 Å². The molecule has 0 saturated carbocycles. The standard InChI is InChI=1S/C24H21N3O/c1-28-21-14-12-18(13-15-21)22-16-23(19-8-4-2-5-9-19)27(26-22)24(17-25)20-10-6-3-7-11-20/h2-15,23-24H,16H2,1H3/t23-,24-/m1/s1. The van der Waals surface area contributed by atoms with Crippen LogP contribution in [0.5, 0.6) is 5.75 Å². The topological polar surface area (TPSA) is 48.6 Å². The first-order valence-corrected chi connectivity index (χ1v) is 9.30. The number of hydrazone groups is 1. The summed E-state index contributed by atoms with van der Waals surface area (Å²) >= 11 is 0. The summed E-state index contributed by atoms with van der Waals surface area (Å²) in [5, 5.41) is 16.8. The Hall–Kier alpha value is -3.58. The smallest absolute Gasteiger partial charge is 0.159 e. The highest BCUT2D eigenvalue weighted by molar-refractivity contribution is 6.02. The van der Waals surface area contributed by atoms with Gasteiger partial charge in [0.15, 0.2) is 6.04 Å². The Bertz CT molecular complexity index is 992. The van der Waals surface area contributed by atoms with Gasteiger partial charge in [0.25, 0.3) is 0 Å². The SMILES string of the molecule is COc1ccc(C2=NN([C@H](C#N)c3ccccc3)[C@@H](c3ccccc3)C2)cc1. The molecular formula is C24H21N3O. The molecule has 4 heteroatoms. The minimum Gasteiger partial charge on any atom is -0.497 e. The van der Waals surface area contributed by atoms with Crippen LogP contribution in [0.2, 0.25) is 0 Å². The quantitative estimate of drug-likeness (QED) is 0.629. The van der Waals surface area contributed by atoms with E-state index in [1.807, 2.05) is 77.8 Å². The first-order chi connectivity index (χ1) is 13.8. The van der Waals surface area contributed by atoms with E-state index in [0.717, 1.165) is 34.6 Å². The van der Waals surface area contributed by atoms with E-state index in [4.69, 9.17) is 9.84 Å². The summed E-state index contributed by atoms with van der Waals surface area (Å²) in [6, 6.07) is 30.1. The predicted molar refractivity (Wildman–Crippen MR) is 110 cm³/mol. The molecule has 0 aromatic heterocycles. The van der Waals surface area contributed by atoms with Gasteiger partial charge in [-0.2, -0.15) is 10.4 Å². The molecule has 1 heterocycles. The third-order valence-electron chi connectivity index (χ3n) is 5.05. The van der Waals surface area contributed by atoms with E-state index in [1.165, 1.54) is 0 Å². The van der Waals surface area contributed by atoms with Gasteiger partial charge >= 0.3 is 0 Å². The first-order valence-electron chi connectivity index (χ1n) is 9.30. The molecule has 0 amide bonds. The zero-order valence-corrected chi connectivity index (χ0v) is 15.7. The summed E-state index contributed by atoms with van der Waals surface area (Å²) < 4.78 is 5.26. The molecule has 4 rings (SSSR count). The highest BCUT2D eigenvalue weighted by atomic mass is 16.5. The summed E-state index contributed by atoms with van der Waals surface area (Å²) in [5.41, 5.74) is 4.14. The van der Waals surface area contributed by atoms with Gasteiger partial charge in [-0.25, -0.2) is 0 Å². The lowest BCUT2D eigenvalue weighted by Crippen LogP contribution is -2.24. The molecule has 0 bridgehead atoms. The van der Waals surface area contributed by atoms with Gasteiger partial charge in [0.1, 0.15) is 5.75 Å². The van der Waals surface area contributed by atoms with Crippen LogP contribution in [0.25, 0.3) is 0 Å². The van der Waals surface area contributed by atoms with Crippen molar-refractivity contribution in [1.29, 1.82) is 5.26 Å². The Kier molecular flexibility index (Phi) is 5.07. The van der Waals surface area contributed by atoms with Gasteiger partial charge in [0.05, 0.1) is 24.9 Å². The van der Waals surface area contributed by atoms with Crippen LogP contribution in [0, 0.1) is 11.3 Å². The predicted octanol–water partition coefficient (Wildman–Crippen LogP) is 5.11. The summed E-state index contributed by atoms with van der Waals surface area (Å²) in [4.78, 5) is 0. The Morgan fingerprint density at radius 3 is 2.21 bits per heavy atom. The van der Waals surface area contributed by atoms with Crippen LogP contribution in [0.4, 0.5) is 0 Å². The van der Waals surface area contributed by atoms with Crippen molar-refractivity contribution in [2.24, 2.45) is 5.10 Å². The molecule has 0 saturated heterocycles. The van der Waals surface area contributed by atoms with Gasteiger partial charge in [-0.05, 0) is 41.0 Å². The molecule has 0 unspecified atom stereocenters. The number of hydrogen-bond donors (Lipinski definition) is 0. The van der Waals surface area contributed by atoms with E-state index in [1.54, 1.807) is 7.11 Å². The maximum Gasteiger partial charge on any atom is 0.159 e. The van der Waals surface area contributed by atoms with Crippen LogP contribution in [0.3, 0.4) is 0 Å². The maximum absolute atomic E-state index is 9.95. The van der Waals surface area contributed by atoms with Gasteiger partial charge in [-0.15, -0.1) is 0 Å². The molecule has 138 valence electrons. The van der Waals surface area contributed by atoms with E-state index in [0.29, 0.717) is 0 Å². The molecule has 28 heavy (non-hydrogen) atoms. The monoisotopic (exact) mass is 367 g/mol. The van der Waals surface area contributed by atoms with Gasteiger partial charge in [-0.1, -0.05) is 60.7 Å². The lowest BCUT2D eigenvalue weighted by molar-refractivity contribution is 0.196. The van der Waals surface area contributed by atoms with Crippen molar-refractivity contribution in [3.63, 3.8) is 0 Å². The number of hydrogen-bond acceptors (Lipinski definition) is 4. The normalized spacial score (nSPS) is 16.9. The molecule has 1 aliphatic rings. The van der Waals surface area contributed by atoms with Crippen LogP contribution in [-0.4, -0.2) is 17.8 Å². The van der Waals surface area contributed by atoms with Crippen LogP contribution in [0.15, 0.2) is 90.0 Å². The van der Waals surface area contributed by atoms with Gasteiger partial charge in [-0.3, -0.25) is 5.01 Å². The second-order valence-electron chi connectivity index (χ2n) is 6.73. The first kappa shape index (κ1) is 17.8. The lowest BCUT2D eigenvalue weighted by Gasteiger charge is -2.28. The number of nitrogens with zero attached hydrogens (tertiary/aromatic N) is 3. The third-order valence-corrected chi connectivity index (χ3v) is 5.05. The molecular weight excluding hydrogens is 346 g/mol. The van der Waals surface area contributed by atoms with Crippen LogP contribution >= 0.6 is 0 Å². The Labute approximate surface area is 165 Å². The summed E-state index contributed by atoms with van der Waals surface area (Å²) in [6.45, 7) is 0. The molecule has 1 aliphatic heterocycles. The fourth-order valence-corrected chi connectivity index (χ4v) is 3.59. The number of ether oxygens (including phenoxy) is 1. The molecule has 2 atom stereocenters. The van der Waals surface area contributed by atoms with Crippen LogP contribution in [-0.2, 0) is 0 Å². The third kappa shape index (κ3) is 3.47. The van der Waals surface area contributed by atoms with Gasteiger partial charge < -0.3 is 4.74 Å². The minimum atomic E-state index is -0.442. The van der Waals surface area contributed by atoms with Crippen molar-refractivity contribution in [1.82, 2.24) is 5.01 Å². The molecule has 4 nitrogen and oxygen atoms in total. The number of nitriles is 1. The highest BCUT2D eigenvalue weighted by Gasteiger charge is 2.34. The molecule has 0 N–H and O–H groups in total. The van der Waals surface area contributed by atoms with E-state index < -0.39 is 6.04 Å². The molecule has 0 spiro atoms. The van der Waals surface area contributed by atoms with E-state index in [-0.39, 0.29) is 6.04 Å². The average Bonchev–Trinajstić information content (AvgIpc) is 3.21.